The smallest absolute Gasteiger partial charge is 0.323 e. The number of nitriles is 1. The molecule has 0 aliphatic rings. The van der Waals surface area contributed by atoms with Crippen LogP contribution in [0.2, 0.25) is 0 Å². The van der Waals surface area contributed by atoms with Gasteiger partial charge in [0.05, 0.1) is 11.3 Å². The summed E-state index contributed by atoms with van der Waals surface area (Å²) in [6, 6.07) is 7.24. The van der Waals surface area contributed by atoms with E-state index in [1.807, 2.05) is 6.92 Å². The van der Waals surface area contributed by atoms with E-state index in [0.29, 0.717) is 17.8 Å². The number of carboxylic acid groups (broad SMARTS) is 1. The molecule has 4 nitrogen and oxygen atoms in total. The van der Waals surface area contributed by atoms with Crippen molar-refractivity contribution in [3.05, 3.63) is 28.2 Å². The molecule has 0 amide bonds. The summed E-state index contributed by atoms with van der Waals surface area (Å²) < 4.78 is 0.824. The molecule has 0 aliphatic heterocycles. The SMILES string of the molecule is CCN(CC(=O)O)c1cc(Br)ccc1C#N. The van der Waals surface area contributed by atoms with Gasteiger partial charge in [0.15, 0.2) is 0 Å². The summed E-state index contributed by atoms with van der Waals surface area (Å²) in [6.07, 6.45) is 0. The van der Waals surface area contributed by atoms with E-state index in [9.17, 15) is 4.79 Å². The van der Waals surface area contributed by atoms with Crippen molar-refractivity contribution >= 4 is 27.6 Å². The number of likely N-dealkylation sites (N-methyl/N-ethyl adjacent to an activating group) is 1. The first-order chi connectivity index (χ1) is 7.58. The highest BCUT2D eigenvalue weighted by Crippen LogP contribution is 2.24. The predicted molar refractivity (Wildman–Crippen MR) is 64.4 cm³/mol. The van der Waals surface area contributed by atoms with Gasteiger partial charge in [0.25, 0.3) is 0 Å². The Bertz CT molecular complexity index is 440. The van der Waals surface area contributed by atoms with Crippen LogP contribution < -0.4 is 4.90 Å². The van der Waals surface area contributed by atoms with E-state index in [2.05, 4.69) is 22.0 Å². The molecule has 1 aromatic carbocycles. The second kappa shape index (κ2) is 5.52. The number of hydrogen-bond acceptors (Lipinski definition) is 3. The van der Waals surface area contributed by atoms with Crippen LogP contribution in [0.3, 0.4) is 0 Å². The van der Waals surface area contributed by atoms with Crippen molar-refractivity contribution in [1.29, 1.82) is 5.26 Å². The molecule has 0 heterocycles. The third-order valence-corrected chi connectivity index (χ3v) is 2.62. The number of rotatable bonds is 4. The molecule has 0 radical (unpaired) electrons. The maximum Gasteiger partial charge on any atom is 0.323 e. The summed E-state index contributed by atoms with van der Waals surface area (Å²) in [4.78, 5) is 12.3. The third kappa shape index (κ3) is 2.97. The van der Waals surface area contributed by atoms with Gasteiger partial charge in [0.2, 0.25) is 0 Å². The molecule has 0 bridgehead atoms. The Kier molecular flexibility index (Phi) is 4.32. The van der Waals surface area contributed by atoms with Crippen LogP contribution in [0.25, 0.3) is 0 Å². The zero-order chi connectivity index (χ0) is 12.1. The number of halogens is 1. The maximum atomic E-state index is 10.7. The molecule has 1 N–H and O–H groups in total. The molecule has 0 unspecified atom stereocenters. The van der Waals surface area contributed by atoms with Crippen molar-refractivity contribution in [3.63, 3.8) is 0 Å². The molecule has 1 rings (SSSR count). The van der Waals surface area contributed by atoms with Gasteiger partial charge in [-0.15, -0.1) is 0 Å². The van der Waals surface area contributed by atoms with Crippen LogP contribution in [-0.4, -0.2) is 24.2 Å². The van der Waals surface area contributed by atoms with Crippen molar-refractivity contribution < 1.29 is 9.90 Å². The summed E-state index contributed by atoms with van der Waals surface area (Å²) >= 11 is 3.31. The first-order valence-corrected chi connectivity index (χ1v) is 5.54. The Morgan fingerprint density at radius 3 is 2.81 bits per heavy atom. The van der Waals surface area contributed by atoms with E-state index >= 15 is 0 Å². The zero-order valence-corrected chi connectivity index (χ0v) is 10.4. The van der Waals surface area contributed by atoms with Gasteiger partial charge in [-0.05, 0) is 25.1 Å². The van der Waals surface area contributed by atoms with Crippen LogP contribution in [0.1, 0.15) is 12.5 Å². The molecule has 0 fully saturated rings. The number of hydrogen-bond donors (Lipinski definition) is 1. The second-order valence-corrected chi connectivity index (χ2v) is 4.10. The van der Waals surface area contributed by atoms with Crippen molar-refractivity contribution in [1.82, 2.24) is 0 Å². The minimum absolute atomic E-state index is 0.109. The Labute approximate surface area is 102 Å². The van der Waals surface area contributed by atoms with Gasteiger partial charge in [-0.1, -0.05) is 15.9 Å². The van der Waals surface area contributed by atoms with E-state index in [1.165, 1.54) is 0 Å². The van der Waals surface area contributed by atoms with Crippen molar-refractivity contribution in [2.75, 3.05) is 18.0 Å². The van der Waals surface area contributed by atoms with Gasteiger partial charge >= 0.3 is 5.97 Å². The van der Waals surface area contributed by atoms with E-state index in [0.717, 1.165) is 4.47 Å². The monoisotopic (exact) mass is 282 g/mol. The molecule has 0 saturated carbocycles. The average molecular weight is 283 g/mol. The van der Waals surface area contributed by atoms with Crippen LogP contribution in [0, 0.1) is 11.3 Å². The summed E-state index contributed by atoms with van der Waals surface area (Å²) in [5.74, 6) is -0.911. The van der Waals surface area contributed by atoms with E-state index in [-0.39, 0.29) is 6.54 Å². The summed E-state index contributed by atoms with van der Waals surface area (Å²) in [7, 11) is 0. The van der Waals surface area contributed by atoms with Gasteiger partial charge in [-0.25, -0.2) is 0 Å². The van der Waals surface area contributed by atoms with Gasteiger partial charge in [-0.3, -0.25) is 4.79 Å². The number of carboxylic acids is 1. The highest BCUT2D eigenvalue weighted by Gasteiger charge is 2.13. The van der Waals surface area contributed by atoms with Crippen LogP contribution >= 0.6 is 15.9 Å². The summed E-state index contributed by atoms with van der Waals surface area (Å²) in [6.45, 7) is 2.28. The van der Waals surface area contributed by atoms with Crippen LogP contribution in [0.4, 0.5) is 5.69 Å². The molecule has 0 spiro atoms. The molecular weight excluding hydrogens is 272 g/mol. The van der Waals surface area contributed by atoms with Crippen molar-refractivity contribution in [2.24, 2.45) is 0 Å². The highest BCUT2D eigenvalue weighted by atomic mass is 79.9. The molecule has 1 aromatic rings. The lowest BCUT2D eigenvalue weighted by Crippen LogP contribution is -2.29. The van der Waals surface area contributed by atoms with Crippen molar-refractivity contribution in [3.8, 4) is 6.07 Å². The Morgan fingerprint density at radius 2 is 2.31 bits per heavy atom. The fourth-order valence-corrected chi connectivity index (χ4v) is 1.74. The van der Waals surface area contributed by atoms with Gasteiger partial charge in [-0.2, -0.15) is 5.26 Å². The molecule has 84 valence electrons. The predicted octanol–water partition coefficient (Wildman–Crippen LogP) is 2.23. The first kappa shape index (κ1) is 12.5. The standard InChI is InChI=1S/C11H11BrN2O2/c1-2-14(7-11(15)16)10-5-9(12)4-3-8(10)6-13/h3-5H,2,7H2,1H3,(H,15,16). The topological polar surface area (TPSA) is 64.3 Å². The van der Waals surface area contributed by atoms with E-state index in [4.69, 9.17) is 10.4 Å². The largest absolute Gasteiger partial charge is 0.480 e. The first-order valence-electron chi connectivity index (χ1n) is 4.75. The quantitative estimate of drug-likeness (QED) is 0.920. The summed E-state index contributed by atoms with van der Waals surface area (Å²) in [5, 5.41) is 17.7. The Morgan fingerprint density at radius 1 is 1.62 bits per heavy atom. The maximum absolute atomic E-state index is 10.7. The van der Waals surface area contributed by atoms with Gasteiger partial charge in [0, 0.05) is 11.0 Å². The molecule has 0 aliphatic carbocycles. The second-order valence-electron chi connectivity index (χ2n) is 3.18. The average Bonchev–Trinajstić information content (AvgIpc) is 2.25. The van der Waals surface area contributed by atoms with Crippen LogP contribution in [0.5, 0.6) is 0 Å². The minimum atomic E-state index is -0.911. The highest BCUT2D eigenvalue weighted by molar-refractivity contribution is 9.10. The molecule has 5 heteroatoms. The fraction of sp³-hybridized carbons (Fsp3) is 0.273. The lowest BCUT2D eigenvalue weighted by molar-refractivity contribution is -0.135. The number of carbonyl (C=O) groups is 1. The van der Waals surface area contributed by atoms with Crippen LogP contribution in [-0.2, 0) is 4.79 Å². The van der Waals surface area contributed by atoms with E-state index in [1.54, 1.807) is 23.1 Å². The number of benzene rings is 1. The number of nitrogens with zero attached hydrogens (tertiary/aromatic N) is 2. The van der Waals surface area contributed by atoms with Gasteiger partial charge in [0.1, 0.15) is 12.6 Å². The normalized spacial score (nSPS) is 9.56. The molecule has 16 heavy (non-hydrogen) atoms. The molecular formula is C11H11BrN2O2. The number of aliphatic carboxylic acids is 1. The molecule has 0 saturated heterocycles. The summed E-state index contributed by atoms with van der Waals surface area (Å²) in [5.41, 5.74) is 1.12. The Balaban J connectivity index is 3.13. The van der Waals surface area contributed by atoms with E-state index < -0.39 is 5.97 Å². The lowest BCUT2D eigenvalue weighted by atomic mass is 10.1. The number of anilines is 1. The van der Waals surface area contributed by atoms with Crippen molar-refractivity contribution in [2.45, 2.75) is 6.92 Å². The fourth-order valence-electron chi connectivity index (χ4n) is 1.39. The third-order valence-electron chi connectivity index (χ3n) is 2.13. The lowest BCUT2D eigenvalue weighted by Gasteiger charge is -2.22. The Hall–Kier alpha value is -1.54. The minimum Gasteiger partial charge on any atom is -0.480 e. The van der Waals surface area contributed by atoms with Crippen LogP contribution in [0.15, 0.2) is 22.7 Å². The molecule has 0 aromatic heterocycles. The van der Waals surface area contributed by atoms with Gasteiger partial charge < -0.3 is 10.0 Å². The molecule has 0 atom stereocenters. The zero-order valence-electron chi connectivity index (χ0n) is 8.77.